The molecular formula is C24H37NS. The van der Waals surface area contributed by atoms with Crippen molar-refractivity contribution in [2.24, 2.45) is 4.99 Å². The smallest absolute Gasteiger partial charge is 0.0674 e. The fourth-order valence-corrected chi connectivity index (χ4v) is 3.29. The average molecular weight is 372 g/mol. The van der Waals surface area contributed by atoms with Crippen LogP contribution in [-0.4, -0.2) is 18.5 Å². The molecule has 1 aliphatic rings. The summed E-state index contributed by atoms with van der Waals surface area (Å²) < 4.78 is 0. The summed E-state index contributed by atoms with van der Waals surface area (Å²) in [5.74, 6) is 0.982. The number of benzene rings is 1. The monoisotopic (exact) mass is 371 g/mol. The number of rotatable bonds is 4. The number of aliphatic imine (C=N–C) groups is 1. The van der Waals surface area contributed by atoms with Gasteiger partial charge in [-0.15, -0.1) is 24.9 Å². The minimum atomic E-state index is 0.982. The predicted molar refractivity (Wildman–Crippen MR) is 125 cm³/mol. The molecule has 2 rings (SSSR count). The third-order valence-corrected chi connectivity index (χ3v) is 4.48. The van der Waals surface area contributed by atoms with E-state index in [1.54, 1.807) is 0 Å². The van der Waals surface area contributed by atoms with E-state index in [1.165, 1.54) is 21.6 Å². The van der Waals surface area contributed by atoms with Gasteiger partial charge < -0.3 is 0 Å². The lowest BCUT2D eigenvalue weighted by atomic mass is 9.90. The molecule has 0 unspecified atom stereocenters. The Morgan fingerprint density at radius 1 is 0.962 bits per heavy atom. The van der Waals surface area contributed by atoms with Crippen LogP contribution in [0.2, 0.25) is 0 Å². The van der Waals surface area contributed by atoms with Gasteiger partial charge in [0, 0.05) is 17.7 Å². The molecule has 1 aromatic rings. The lowest BCUT2D eigenvalue weighted by Gasteiger charge is -2.20. The fourth-order valence-electron chi connectivity index (χ4n) is 2.37. The van der Waals surface area contributed by atoms with Crippen molar-refractivity contribution < 1.29 is 0 Å². The summed E-state index contributed by atoms with van der Waals surface area (Å²) in [6, 6.07) is 10.5. The predicted octanol–water partition coefficient (Wildman–Crippen LogP) is 7.93. The molecule has 144 valence electrons. The van der Waals surface area contributed by atoms with Crippen LogP contribution in [0.15, 0.2) is 88.3 Å². The third-order valence-electron chi connectivity index (χ3n) is 3.42. The Hall–Kier alpha value is -1.80. The number of nitrogens with zero attached hydrogens (tertiary/aromatic N) is 1. The van der Waals surface area contributed by atoms with Gasteiger partial charge in [0.05, 0.1) is 5.71 Å². The van der Waals surface area contributed by atoms with Crippen molar-refractivity contribution in [1.82, 2.24) is 0 Å². The molecule has 1 nitrogen and oxygen atoms in total. The SMILES string of the molecule is C/C=C1/C(CSc2ccccc2)=CC=C(CC)C1=NC.C=C.CC.CC. The summed E-state index contributed by atoms with van der Waals surface area (Å²) in [6.07, 6.45) is 7.68. The van der Waals surface area contributed by atoms with Gasteiger partial charge in [0.2, 0.25) is 0 Å². The summed E-state index contributed by atoms with van der Waals surface area (Å²) >= 11 is 1.87. The number of allylic oxidation sites excluding steroid dienone is 5. The molecule has 0 atom stereocenters. The average Bonchev–Trinajstić information content (AvgIpc) is 2.76. The van der Waals surface area contributed by atoms with E-state index in [-0.39, 0.29) is 0 Å². The topological polar surface area (TPSA) is 12.4 Å². The standard InChI is InChI=1S/C18H21NS.2C2H6.C2H4/c1-4-14-11-12-15(17(5-2)18(14)19-3)13-20-16-9-7-6-8-10-16;3*1-2/h5-12H,4,13H2,1-3H3;2*1-2H3;1-2H2/b17-5-,19-18?;;;. The quantitative estimate of drug-likeness (QED) is 0.386. The Kier molecular flexibility index (Phi) is 18.3. The summed E-state index contributed by atoms with van der Waals surface area (Å²) in [5, 5.41) is 0. The van der Waals surface area contributed by atoms with Crippen LogP contribution >= 0.6 is 11.8 Å². The molecule has 0 radical (unpaired) electrons. The first kappa shape index (κ1) is 26.4. The van der Waals surface area contributed by atoms with Crippen molar-refractivity contribution in [1.29, 1.82) is 0 Å². The highest BCUT2D eigenvalue weighted by molar-refractivity contribution is 7.99. The minimum Gasteiger partial charge on any atom is -0.288 e. The van der Waals surface area contributed by atoms with Crippen LogP contribution in [0.3, 0.4) is 0 Å². The maximum atomic E-state index is 4.49. The maximum Gasteiger partial charge on any atom is 0.0674 e. The van der Waals surface area contributed by atoms with Crippen molar-refractivity contribution in [3.05, 3.63) is 78.4 Å². The second kappa shape index (κ2) is 18.0. The molecule has 0 aromatic heterocycles. The Labute approximate surface area is 166 Å². The van der Waals surface area contributed by atoms with Gasteiger partial charge in [0.1, 0.15) is 0 Å². The molecule has 2 heteroatoms. The minimum absolute atomic E-state index is 0.982. The molecule has 1 aliphatic carbocycles. The Bertz CT molecular complexity index is 592. The molecule has 0 aliphatic heterocycles. The van der Waals surface area contributed by atoms with Gasteiger partial charge in [-0.05, 0) is 42.2 Å². The molecule has 1 aromatic carbocycles. The first-order chi connectivity index (χ1) is 12.8. The van der Waals surface area contributed by atoms with Crippen LogP contribution in [0.5, 0.6) is 0 Å². The Morgan fingerprint density at radius 3 is 1.96 bits per heavy atom. The molecule has 0 saturated carbocycles. The van der Waals surface area contributed by atoms with Gasteiger partial charge in [-0.2, -0.15) is 0 Å². The van der Waals surface area contributed by atoms with E-state index < -0.39 is 0 Å². The van der Waals surface area contributed by atoms with Crippen molar-refractivity contribution in [2.45, 2.75) is 52.9 Å². The van der Waals surface area contributed by atoms with Crippen LogP contribution < -0.4 is 0 Å². The van der Waals surface area contributed by atoms with E-state index in [1.807, 2.05) is 46.5 Å². The molecule has 0 amide bonds. The normalized spacial score (nSPS) is 15.3. The molecule has 0 N–H and O–H groups in total. The van der Waals surface area contributed by atoms with Gasteiger partial charge in [0.25, 0.3) is 0 Å². The van der Waals surface area contributed by atoms with E-state index >= 15 is 0 Å². The van der Waals surface area contributed by atoms with Crippen LogP contribution in [0.1, 0.15) is 48.0 Å². The van der Waals surface area contributed by atoms with Crippen LogP contribution in [0, 0.1) is 0 Å². The summed E-state index contributed by atoms with van der Waals surface area (Å²) in [5.41, 5.74) is 5.13. The van der Waals surface area contributed by atoms with E-state index in [4.69, 9.17) is 0 Å². The van der Waals surface area contributed by atoms with Crippen LogP contribution in [0.4, 0.5) is 0 Å². The highest BCUT2D eigenvalue weighted by atomic mass is 32.2. The molecule has 0 fully saturated rings. The second-order valence-electron chi connectivity index (χ2n) is 4.61. The third kappa shape index (κ3) is 8.53. The molecule has 0 heterocycles. The lowest BCUT2D eigenvalue weighted by Crippen LogP contribution is -2.13. The largest absolute Gasteiger partial charge is 0.288 e. The zero-order chi connectivity index (χ0) is 20.4. The van der Waals surface area contributed by atoms with E-state index in [0.29, 0.717) is 0 Å². The zero-order valence-corrected chi connectivity index (χ0v) is 18.6. The lowest BCUT2D eigenvalue weighted by molar-refractivity contribution is 1.15. The van der Waals surface area contributed by atoms with Gasteiger partial charge in [-0.25, -0.2) is 0 Å². The number of hydrogen-bond donors (Lipinski definition) is 0. The van der Waals surface area contributed by atoms with Crippen LogP contribution in [0.25, 0.3) is 0 Å². The van der Waals surface area contributed by atoms with E-state index in [0.717, 1.165) is 17.9 Å². The first-order valence-electron chi connectivity index (χ1n) is 9.52. The van der Waals surface area contributed by atoms with Gasteiger partial charge >= 0.3 is 0 Å². The Balaban J connectivity index is 0. The van der Waals surface area contributed by atoms with Crippen molar-refractivity contribution in [3.63, 3.8) is 0 Å². The molecule has 0 bridgehead atoms. The van der Waals surface area contributed by atoms with Crippen molar-refractivity contribution in [2.75, 3.05) is 12.8 Å². The van der Waals surface area contributed by atoms with E-state index in [2.05, 4.69) is 80.6 Å². The molecular weight excluding hydrogens is 334 g/mol. The zero-order valence-electron chi connectivity index (χ0n) is 17.8. The maximum absolute atomic E-state index is 4.49. The molecule has 0 spiro atoms. The summed E-state index contributed by atoms with van der Waals surface area (Å²) in [7, 11) is 1.88. The second-order valence-corrected chi connectivity index (χ2v) is 5.66. The Morgan fingerprint density at radius 2 is 1.50 bits per heavy atom. The number of hydrogen-bond acceptors (Lipinski definition) is 2. The molecule has 0 saturated heterocycles. The van der Waals surface area contributed by atoms with E-state index in [9.17, 15) is 0 Å². The summed E-state index contributed by atoms with van der Waals surface area (Å²) in [4.78, 5) is 5.80. The number of thioether (sulfide) groups is 1. The first-order valence-corrected chi connectivity index (χ1v) is 10.5. The molecule has 26 heavy (non-hydrogen) atoms. The fraction of sp³-hybridized carbons (Fsp3) is 0.375. The van der Waals surface area contributed by atoms with Gasteiger partial charge in [-0.3, -0.25) is 4.99 Å². The van der Waals surface area contributed by atoms with Crippen molar-refractivity contribution in [3.8, 4) is 0 Å². The van der Waals surface area contributed by atoms with Gasteiger partial charge in [-0.1, -0.05) is 71.0 Å². The van der Waals surface area contributed by atoms with Gasteiger partial charge in [0.15, 0.2) is 0 Å². The highest BCUT2D eigenvalue weighted by Gasteiger charge is 2.17. The van der Waals surface area contributed by atoms with Crippen LogP contribution in [-0.2, 0) is 0 Å². The van der Waals surface area contributed by atoms with Crippen molar-refractivity contribution >= 4 is 17.5 Å². The highest BCUT2D eigenvalue weighted by Crippen LogP contribution is 2.29. The summed E-state index contributed by atoms with van der Waals surface area (Å²) in [6.45, 7) is 18.3.